The van der Waals surface area contributed by atoms with Crippen LogP contribution in [0, 0.1) is 17.8 Å². The molecule has 0 radical (unpaired) electrons. The number of piperidine rings is 1. The lowest BCUT2D eigenvalue weighted by Crippen LogP contribution is -2.59. The fourth-order valence-electron chi connectivity index (χ4n) is 6.61. The number of amides is 1. The van der Waals surface area contributed by atoms with E-state index in [1.807, 2.05) is 0 Å². The van der Waals surface area contributed by atoms with E-state index in [1.165, 1.54) is 19.3 Å². The van der Waals surface area contributed by atoms with Gasteiger partial charge in [0.1, 0.15) is 0 Å². The number of nitrogens with one attached hydrogen (secondary N) is 1. The van der Waals surface area contributed by atoms with Crippen molar-refractivity contribution in [3.63, 3.8) is 0 Å². The Morgan fingerprint density at radius 3 is 1.96 bits per heavy atom. The van der Waals surface area contributed by atoms with Crippen LogP contribution < -0.4 is 5.32 Å². The average Bonchev–Trinajstić information content (AvgIpc) is 2.67. The maximum absolute atomic E-state index is 12.9. The van der Waals surface area contributed by atoms with E-state index >= 15 is 0 Å². The van der Waals surface area contributed by atoms with E-state index in [2.05, 4.69) is 5.32 Å². The molecule has 28 heavy (non-hydrogen) atoms. The van der Waals surface area contributed by atoms with Crippen LogP contribution in [0.5, 0.6) is 0 Å². The molecule has 5 fully saturated rings. The van der Waals surface area contributed by atoms with Crippen molar-refractivity contribution in [1.82, 2.24) is 9.62 Å². The number of benzene rings is 1. The fraction of sp³-hybridized carbons (Fsp3) is 0.682. The van der Waals surface area contributed by atoms with Crippen LogP contribution in [0.4, 0.5) is 0 Å². The molecule has 4 bridgehead atoms. The van der Waals surface area contributed by atoms with E-state index in [0.29, 0.717) is 23.5 Å². The third kappa shape index (κ3) is 3.28. The molecule has 6 heteroatoms. The van der Waals surface area contributed by atoms with Crippen molar-refractivity contribution in [3.8, 4) is 0 Å². The first kappa shape index (κ1) is 18.6. The van der Waals surface area contributed by atoms with Gasteiger partial charge in [-0.05, 0) is 93.4 Å². The van der Waals surface area contributed by atoms with Gasteiger partial charge in [-0.1, -0.05) is 6.42 Å². The molecule has 1 N–H and O–H groups in total. The molecule has 4 aliphatic carbocycles. The van der Waals surface area contributed by atoms with Crippen molar-refractivity contribution in [2.75, 3.05) is 13.1 Å². The Morgan fingerprint density at radius 1 is 0.893 bits per heavy atom. The standard InChI is InChI=1S/C22H30N2O3S/c25-21(23-22-13-16-10-17(14-22)12-18(11-16)15-22)19-4-6-20(7-5-19)28(26,27)24-8-2-1-3-9-24/h4-7,16-18H,1-3,8-15H2,(H,23,25). The van der Waals surface area contributed by atoms with Crippen molar-refractivity contribution in [3.05, 3.63) is 29.8 Å². The van der Waals surface area contributed by atoms with Crippen molar-refractivity contribution >= 4 is 15.9 Å². The summed E-state index contributed by atoms with van der Waals surface area (Å²) in [7, 11) is -3.45. The molecule has 1 heterocycles. The highest BCUT2D eigenvalue weighted by Gasteiger charge is 2.51. The van der Waals surface area contributed by atoms with E-state index in [0.717, 1.165) is 56.3 Å². The van der Waals surface area contributed by atoms with Crippen LogP contribution in [0.1, 0.15) is 68.1 Å². The molecular formula is C22H30N2O3S. The molecule has 5 aliphatic rings. The zero-order valence-corrected chi connectivity index (χ0v) is 17.2. The van der Waals surface area contributed by atoms with Gasteiger partial charge >= 0.3 is 0 Å². The predicted octanol–water partition coefficient (Wildman–Crippen LogP) is 3.56. The number of sulfonamides is 1. The van der Waals surface area contributed by atoms with Crippen molar-refractivity contribution in [1.29, 1.82) is 0 Å². The third-order valence-electron chi connectivity index (χ3n) is 7.49. The molecule has 1 aromatic carbocycles. The summed E-state index contributed by atoms with van der Waals surface area (Å²) >= 11 is 0. The zero-order chi connectivity index (χ0) is 19.4. The Bertz CT molecular complexity index is 821. The second-order valence-corrected chi connectivity index (χ2v) is 11.6. The Balaban J connectivity index is 1.30. The summed E-state index contributed by atoms with van der Waals surface area (Å²) in [6.07, 6.45) is 10.3. The van der Waals surface area contributed by atoms with Gasteiger partial charge in [0.05, 0.1) is 4.90 Å². The number of nitrogens with zero attached hydrogens (tertiary/aromatic N) is 1. The van der Waals surface area contributed by atoms with Crippen molar-refractivity contribution < 1.29 is 13.2 Å². The minimum absolute atomic E-state index is 0.0234. The Hall–Kier alpha value is -1.40. The smallest absolute Gasteiger partial charge is 0.251 e. The van der Waals surface area contributed by atoms with E-state index in [4.69, 9.17) is 0 Å². The summed E-state index contributed by atoms with van der Waals surface area (Å²) in [6, 6.07) is 6.54. The summed E-state index contributed by atoms with van der Waals surface area (Å²) in [6.45, 7) is 1.19. The van der Waals surface area contributed by atoms with Gasteiger partial charge in [0.25, 0.3) is 5.91 Å². The minimum Gasteiger partial charge on any atom is -0.347 e. The Kier molecular flexibility index (Phi) is 4.55. The molecule has 0 atom stereocenters. The zero-order valence-electron chi connectivity index (χ0n) is 16.4. The maximum atomic E-state index is 12.9. The first-order valence-corrected chi connectivity index (χ1v) is 12.3. The second kappa shape index (κ2) is 6.84. The van der Waals surface area contributed by atoms with Gasteiger partial charge < -0.3 is 5.32 Å². The Labute approximate surface area is 167 Å². The highest BCUT2D eigenvalue weighted by atomic mass is 32.2. The van der Waals surface area contributed by atoms with Gasteiger partial charge in [0, 0.05) is 24.2 Å². The van der Waals surface area contributed by atoms with Crippen molar-refractivity contribution in [2.24, 2.45) is 17.8 Å². The van der Waals surface area contributed by atoms with Gasteiger partial charge in [0.15, 0.2) is 0 Å². The SMILES string of the molecule is O=C(NC12CC3CC(CC(C3)C1)C2)c1ccc(S(=O)(=O)N2CCCCC2)cc1. The predicted molar refractivity (Wildman–Crippen MR) is 107 cm³/mol. The lowest BCUT2D eigenvalue weighted by atomic mass is 9.53. The van der Waals surface area contributed by atoms with Crippen LogP contribution in [-0.2, 0) is 10.0 Å². The van der Waals surface area contributed by atoms with Crippen LogP contribution in [0.3, 0.4) is 0 Å². The lowest BCUT2D eigenvalue weighted by molar-refractivity contribution is -0.0167. The maximum Gasteiger partial charge on any atom is 0.251 e. The molecule has 5 nitrogen and oxygen atoms in total. The molecule has 0 unspecified atom stereocenters. The minimum atomic E-state index is -3.45. The quantitative estimate of drug-likeness (QED) is 0.837. The van der Waals surface area contributed by atoms with E-state index in [-0.39, 0.29) is 11.4 Å². The highest BCUT2D eigenvalue weighted by Crippen LogP contribution is 2.55. The van der Waals surface area contributed by atoms with Crippen LogP contribution in [0.2, 0.25) is 0 Å². The number of carbonyl (C=O) groups is 1. The molecule has 4 saturated carbocycles. The summed E-state index contributed by atoms with van der Waals surface area (Å²) in [5.41, 5.74) is 0.540. The topological polar surface area (TPSA) is 66.5 Å². The van der Waals surface area contributed by atoms with Gasteiger partial charge in [-0.2, -0.15) is 4.31 Å². The highest BCUT2D eigenvalue weighted by molar-refractivity contribution is 7.89. The van der Waals surface area contributed by atoms with Gasteiger partial charge in [-0.25, -0.2) is 8.42 Å². The van der Waals surface area contributed by atoms with Crippen LogP contribution in [0.15, 0.2) is 29.2 Å². The average molecular weight is 403 g/mol. The molecule has 1 aliphatic heterocycles. The first-order chi connectivity index (χ1) is 13.4. The molecule has 0 aromatic heterocycles. The summed E-state index contributed by atoms with van der Waals surface area (Å²) in [5.74, 6) is 2.29. The van der Waals surface area contributed by atoms with E-state index in [9.17, 15) is 13.2 Å². The van der Waals surface area contributed by atoms with E-state index in [1.54, 1.807) is 28.6 Å². The second-order valence-electron chi connectivity index (χ2n) is 9.64. The van der Waals surface area contributed by atoms with Crippen LogP contribution >= 0.6 is 0 Å². The number of hydrogen-bond donors (Lipinski definition) is 1. The molecule has 1 amide bonds. The third-order valence-corrected chi connectivity index (χ3v) is 9.40. The Morgan fingerprint density at radius 2 is 1.43 bits per heavy atom. The normalized spacial score (nSPS) is 35.1. The van der Waals surface area contributed by atoms with Crippen molar-refractivity contribution in [2.45, 2.75) is 68.2 Å². The van der Waals surface area contributed by atoms with E-state index < -0.39 is 10.0 Å². The number of rotatable bonds is 4. The largest absolute Gasteiger partial charge is 0.347 e. The molecule has 1 aromatic rings. The number of carbonyl (C=O) groups excluding carboxylic acids is 1. The summed E-state index contributed by atoms with van der Waals surface area (Å²) in [4.78, 5) is 13.2. The first-order valence-electron chi connectivity index (χ1n) is 10.9. The van der Waals surface area contributed by atoms with Gasteiger partial charge in [-0.15, -0.1) is 0 Å². The van der Waals surface area contributed by atoms with Crippen LogP contribution in [0.25, 0.3) is 0 Å². The molecule has 0 spiro atoms. The monoisotopic (exact) mass is 402 g/mol. The molecule has 152 valence electrons. The molecule has 6 rings (SSSR count). The number of hydrogen-bond acceptors (Lipinski definition) is 3. The molecule has 1 saturated heterocycles. The lowest BCUT2D eigenvalue weighted by Gasteiger charge is -2.56. The molecular weight excluding hydrogens is 372 g/mol. The summed E-state index contributed by atoms with van der Waals surface area (Å²) < 4.78 is 27.2. The van der Waals surface area contributed by atoms with Crippen LogP contribution in [-0.4, -0.2) is 37.3 Å². The fourth-order valence-corrected chi connectivity index (χ4v) is 8.13. The van der Waals surface area contributed by atoms with Gasteiger partial charge in [-0.3, -0.25) is 4.79 Å². The van der Waals surface area contributed by atoms with Gasteiger partial charge in [0.2, 0.25) is 10.0 Å². The summed E-state index contributed by atoms with van der Waals surface area (Å²) in [5, 5.41) is 3.36.